The van der Waals surface area contributed by atoms with E-state index in [2.05, 4.69) is 15.7 Å². The number of para-hydroxylation sites is 1. The molecule has 2 aromatic carbocycles. The summed E-state index contributed by atoms with van der Waals surface area (Å²) in [6, 6.07) is 18.7. The molecule has 2 amide bonds. The van der Waals surface area contributed by atoms with Gasteiger partial charge < -0.3 is 10.6 Å². The molecule has 0 aliphatic carbocycles. The Bertz CT molecular complexity index is 934. The first-order valence-corrected chi connectivity index (χ1v) is 8.81. The van der Waals surface area contributed by atoms with Crippen LogP contribution in [0.3, 0.4) is 0 Å². The molecule has 1 heterocycles. The summed E-state index contributed by atoms with van der Waals surface area (Å²) in [6.07, 6.45) is 0.188. The van der Waals surface area contributed by atoms with Gasteiger partial charge >= 0.3 is 0 Å². The van der Waals surface area contributed by atoms with Crippen molar-refractivity contribution in [2.24, 2.45) is 0 Å². The Morgan fingerprint density at radius 1 is 0.963 bits per heavy atom. The summed E-state index contributed by atoms with van der Waals surface area (Å²) >= 11 is 0. The van der Waals surface area contributed by atoms with E-state index in [0.717, 1.165) is 17.1 Å². The number of aryl methyl sites for hydroxylation is 1. The lowest BCUT2D eigenvalue weighted by atomic mass is 10.2. The lowest BCUT2D eigenvalue weighted by Crippen LogP contribution is -2.27. The van der Waals surface area contributed by atoms with Gasteiger partial charge in [0.2, 0.25) is 5.91 Å². The zero-order chi connectivity index (χ0) is 19.2. The van der Waals surface area contributed by atoms with E-state index < -0.39 is 0 Å². The summed E-state index contributed by atoms with van der Waals surface area (Å²) in [5, 5.41) is 10.2. The van der Waals surface area contributed by atoms with Crippen LogP contribution >= 0.6 is 0 Å². The molecular formula is C21H22N4O2. The predicted octanol–water partition coefficient (Wildman–Crippen LogP) is 3.25. The Kier molecular flexibility index (Phi) is 5.66. The van der Waals surface area contributed by atoms with E-state index in [1.165, 1.54) is 0 Å². The van der Waals surface area contributed by atoms with Gasteiger partial charge in [-0.2, -0.15) is 5.10 Å². The van der Waals surface area contributed by atoms with Crippen LogP contribution in [0.2, 0.25) is 0 Å². The number of carbonyl (C=O) groups excluding carboxylic acids is 2. The number of carbonyl (C=O) groups is 2. The second-order valence-corrected chi connectivity index (χ2v) is 6.21. The molecule has 138 valence electrons. The molecule has 0 aliphatic rings. The third-order valence-corrected chi connectivity index (χ3v) is 4.23. The normalized spacial score (nSPS) is 10.4. The molecule has 0 unspecified atom stereocenters. The van der Waals surface area contributed by atoms with Crippen molar-refractivity contribution in [1.29, 1.82) is 0 Å². The number of hydrogen-bond acceptors (Lipinski definition) is 3. The summed E-state index contributed by atoms with van der Waals surface area (Å²) in [5.41, 5.74) is 3.83. The fraction of sp³-hybridized carbons (Fsp3) is 0.190. The molecule has 2 N–H and O–H groups in total. The molecule has 3 aromatic rings. The Hall–Kier alpha value is -3.41. The molecule has 0 saturated carbocycles. The highest BCUT2D eigenvalue weighted by Crippen LogP contribution is 2.22. The van der Waals surface area contributed by atoms with Gasteiger partial charge in [0.05, 0.1) is 22.8 Å². The molecule has 0 fully saturated rings. The number of amides is 2. The van der Waals surface area contributed by atoms with Gasteiger partial charge in [-0.05, 0) is 38.1 Å². The summed E-state index contributed by atoms with van der Waals surface area (Å²) < 4.78 is 1.81. The van der Waals surface area contributed by atoms with Crippen LogP contribution < -0.4 is 10.6 Å². The molecular weight excluding hydrogens is 340 g/mol. The summed E-state index contributed by atoms with van der Waals surface area (Å²) in [5.74, 6) is -0.352. The third kappa shape index (κ3) is 4.41. The number of anilines is 1. The maximum absolute atomic E-state index is 12.3. The molecule has 0 aliphatic heterocycles. The van der Waals surface area contributed by atoms with Gasteiger partial charge in [0.25, 0.3) is 5.91 Å². The van der Waals surface area contributed by atoms with E-state index in [4.69, 9.17) is 0 Å². The zero-order valence-electron chi connectivity index (χ0n) is 15.4. The van der Waals surface area contributed by atoms with Crippen LogP contribution in [0.5, 0.6) is 0 Å². The highest BCUT2D eigenvalue weighted by molar-refractivity contribution is 5.95. The first-order valence-electron chi connectivity index (χ1n) is 8.81. The van der Waals surface area contributed by atoms with Crippen LogP contribution in [0, 0.1) is 13.8 Å². The predicted molar refractivity (Wildman–Crippen MR) is 105 cm³/mol. The Morgan fingerprint density at radius 2 is 1.59 bits per heavy atom. The molecule has 3 rings (SSSR count). The van der Waals surface area contributed by atoms with Crippen molar-refractivity contribution in [1.82, 2.24) is 15.1 Å². The maximum atomic E-state index is 12.3. The molecule has 0 saturated heterocycles. The molecule has 0 bridgehead atoms. The van der Waals surface area contributed by atoms with E-state index in [1.807, 2.05) is 54.9 Å². The van der Waals surface area contributed by atoms with Crippen molar-refractivity contribution >= 4 is 17.5 Å². The van der Waals surface area contributed by atoms with Crippen molar-refractivity contribution in [3.63, 3.8) is 0 Å². The van der Waals surface area contributed by atoms with Crippen molar-refractivity contribution in [2.75, 3.05) is 11.9 Å². The zero-order valence-corrected chi connectivity index (χ0v) is 15.4. The van der Waals surface area contributed by atoms with Crippen LogP contribution in [-0.2, 0) is 4.79 Å². The average Bonchev–Trinajstić information content (AvgIpc) is 2.97. The number of benzene rings is 2. The summed E-state index contributed by atoms with van der Waals surface area (Å²) in [7, 11) is 0. The van der Waals surface area contributed by atoms with Crippen molar-refractivity contribution in [3.05, 3.63) is 77.6 Å². The SMILES string of the molecule is Cc1nn(-c2ccccc2)c(C)c1NC(=O)CCNC(=O)c1ccccc1. The molecule has 6 heteroatoms. The van der Waals surface area contributed by atoms with Crippen LogP contribution in [0.1, 0.15) is 28.2 Å². The lowest BCUT2D eigenvalue weighted by molar-refractivity contribution is -0.116. The van der Waals surface area contributed by atoms with E-state index in [-0.39, 0.29) is 24.8 Å². The monoisotopic (exact) mass is 362 g/mol. The van der Waals surface area contributed by atoms with Gasteiger partial charge in [-0.25, -0.2) is 4.68 Å². The number of nitrogens with one attached hydrogen (secondary N) is 2. The van der Waals surface area contributed by atoms with E-state index in [9.17, 15) is 9.59 Å². The number of nitrogens with zero attached hydrogens (tertiary/aromatic N) is 2. The van der Waals surface area contributed by atoms with Gasteiger partial charge in [0, 0.05) is 18.5 Å². The fourth-order valence-electron chi connectivity index (χ4n) is 2.83. The quantitative estimate of drug-likeness (QED) is 0.707. The lowest BCUT2D eigenvalue weighted by Gasteiger charge is -2.08. The Morgan fingerprint density at radius 3 is 2.26 bits per heavy atom. The molecule has 27 heavy (non-hydrogen) atoms. The average molecular weight is 362 g/mol. The van der Waals surface area contributed by atoms with Gasteiger partial charge in [-0.15, -0.1) is 0 Å². The molecule has 6 nitrogen and oxygen atoms in total. The van der Waals surface area contributed by atoms with E-state index >= 15 is 0 Å². The molecule has 0 atom stereocenters. The number of hydrogen-bond donors (Lipinski definition) is 2. The van der Waals surface area contributed by atoms with Crippen LogP contribution in [0.25, 0.3) is 5.69 Å². The van der Waals surface area contributed by atoms with Gasteiger partial charge in [0.15, 0.2) is 0 Å². The highest BCUT2D eigenvalue weighted by atomic mass is 16.2. The Labute approximate surface area is 158 Å². The summed E-state index contributed by atoms with van der Waals surface area (Å²) in [4.78, 5) is 24.3. The Balaban J connectivity index is 1.58. The minimum atomic E-state index is -0.187. The minimum absolute atomic E-state index is 0.165. The van der Waals surface area contributed by atoms with Gasteiger partial charge in [0.1, 0.15) is 0 Å². The minimum Gasteiger partial charge on any atom is -0.352 e. The third-order valence-electron chi connectivity index (χ3n) is 4.23. The van der Waals surface area contributed by atoms with Crippen molar-refractivity contribution in [2.45, 2.75) is 20.3 Å². The molecule has 1 aromatic heterocycles. The second-order valence-electron chi connectivity index (χ2n) is 6.21. The topological polar surface area (TPSA) is 76.0 Å². The van der Waals surface area contributed by atoms with E-state index in [1.54, 1.807) is 24.3 Å². The number of rotatable bonds is 6. The first kappa shape index (κ1) is 18.4. The van der Waals surface area contributed by atoms with Crippen molar-refractivity contribution < 1.29 is 9.59 Å². The highest BCUT2D eigenvalue weighted by Gasteiger charge is 2.15. The van der Waals surface area contributed by atoms with Gasteiger partial charge in [-0.1, -0.05) is 36.4 Å². The van der Waals surface area contributed by atoms with Crippen LogP contribution in [0.4, 0.5) is 5.69 Å². The van der Waals surface area contributed by atoms with Crippen LogP contribution in [-0.4, -0.2) is 28.1 Å². The van der Waals surface area contributed by atoms with Gasteiger partial charge in [-0.3, -0.25) is 9.59 Å². The second kappa shape index (κ2) is 8.31. The molecule has 0 spiro atoms. The number of aromatic nitrogens is 2. The maximum Gasteiger partial charge on any atom is 0.251 e. The summed E-state index contributed by atoms with van der Waals surface area (Å²) in [6.45, 7) is 4.05. The molecule has 0 radical (unpaired) electrons. The van der Waals surface area contributed by atoms with E-state index in [0.29, 0.717) is 11.3 Å². The largest absolute Gasteiger partial charge is 0.352 e. The first-order chi connectivity index (χ1) is 13.1. The van der Waals surface area contributed by atoms with Crippen molar-refractivity contribution in [3.8, 4) is 5.69 Å². The fourth-order valence-corrected chi connectivity index (χ4v) is 2.83. The standard InChI is InChI=1S/C21H22N4O2/c1-15-20(16(2)25(24-15)18-11-7-4-8-12-18)23-19(26)13-14-22-21(27)17-9-5-3-6-10-17/h3-12H,13-14H2,1-2H3,(H,22,27)(H,23,26). The van der Waals surface area contributed by atoms with Crippen LogP contribution in [0.15, 0.2) is 60.7 Å². The smallest absolute Gasteiger partial charge is 0.251 e.